The minimum atomic E-state index is 0.701. The Kier molecular flexibility index (Phi) is 6.76. The van der Waals surface area contributed by atoms with Crippen LogP contribution >= 0.6 is 0 Å². The molecule has 0 radical (unpaired) electrons. The fourth-order valence-corrected chi connectivity index (χ4v) is 5.09. The van der Waals surface area contributed by atoms with Gasteiger partial charge in [0.15, 0.2) is 11.6 Å². The third-order valence-electron chi connectivity index (χ3n) is 7.14. The lowest BCUT2D eigenvalue weighted by atomic mass is 9.86. The number of nitrogens with zero attached hydrogens (tertiary/aromatic N) is 6. The Morgan fingerprint density at radius 1 is 0.310 bits per heavy atom. The van der Waals surface area contributed by atoms with E-state index in [0.29, 0.717) is 11.6 Å². The summed E-state index contributed by atoms with van der Waals surface area (Å²) in [5, 5.41) is 0. The van der Waals surface area contributed by atoms with Gasteiger partial charge in [-0.25, -0.2) is 19.9 Å². The number of pyridine rings is 2. The van der Waals surface area contributed by atoms with Gasteiger partial charge in [0.1, 0.15) is 0 Å². The quantitative estimate of drug-likeness (QED) is 0.212. The van der Waals surface area contributed by atoms with Crippen molar-refractivity contribution in [3.63, 3.8) is 0 Å². The summed E-state index contributed by atoms with van der Waals surface area (Å²) in [5.41, 5.74) is 10.5. The third-order valence-corrected chi connectivity index (χ3v) is 7.14. The highest BCUT2D eigenvalue weighted by atomic mass is 14.9. The molecule has 0 N–H and O–H groups in total. The molecule has 0 aliphatic heterocycles. The molecule has 0 bridgehead atoms. The van der Waals surface area contributed by atoms with Crippen LogP contribution in [0.4, 0.5) is 0 Å². The first kappa shape index (κ1) is 25.1. The van der Waals surface area contributed by atoms with Crippen LogP contribution in [0.5, 0.6) is 0 Å². The van der Waals surface area contributed by atoms with Crippen molar-refractivity contribution in [1.82, 2.24) is 29.9 Å². The van der Waals surface area contributed by atoms with E-state index >= 15 is 0 Å². The smallest absolute Gasteiger partial charge is 0.159 e. The molecule has 7 aromatic rings. The van der Waals surface area contributed by atoms with Crippen molar-refractivity contribution >= 4 is 0 Å². The molecule has 4 aromatic heterocycles. The lowest BCUT2D eigenvalue weighted by molar-refractivity contribution is 1.18. The van der Waals surface area contributed by atoms with Gasteiger partial charge >= 0.3 is 0 Å². The molecule has 6 nitrogen and oxygen atoms in total. The molecular weight excluding hydrogens is 516 g/mol. The molecule has 0 fully saturated rings. The zero-order valence-electron chi connectivity index (χ0n) is 22.5. The molecule has 0 aliphatic carbocycles. The van der Waals surface area contributed by atoms with Gasteiger partial charge in [-0.05, 0) is 69.8 Å². The summed E-state index contributed by atoms with van der Waals surface area (Å²) in [6.07, 6.45) is 14.5. The van der Waals surface area contributed by atoms with Crippen LogP contribution in [0.2, 0.25) is 0 Å². The minimum Gasteiger partial charge on any atom is -0.264 e. The molecule has 0 unspecified atom stereocenters. The maximum Gasteiger partial charge on any atom is 0.159 e. The van der Waals surface area contributed by atoms with Gasteiger partial charge in [-0.3, -0.25) is 9.97 Å². The van der Waals surface area contributed by atoms with Crippen molar-refractivity contribution in [1.29, 1.82) is 0 Å². The predicted molar refractivity (Wildman–Crippen MR) is 166 cm³/mol. The Bertz CT molecular complexity index is 1790. The van der Waals surface area contributed by atoms with E-state index in [4.69, 9.17) is 0 Å². The first-order valence-electron chi connectivity index (χ1n) is 13.6. The standard InChI is InChI=1S/C36H24N6/c1-5-29(23-37-15-1)33-22-34(30-6-2-16-38-24-30)32(26-9-13-28(14-10-26)36-41-19-4-20-42-36)21-31(33)25-7-11-27(12-8-25)35-39-17-3-18-40-35/h1-24H. The Labute approximate surface area is 243 Å². The van der Waals surface area contributed by atoms with Crippen molar-refractivity contribution in [2.24, 2.45) is 0 Å². The van der Waals surface area contributed by atoms with Crippen LogP contribution in [-0.4, -0.2) is 29.9 Å². The van der Waals surface area contributed by atoms with Gasteiger partial charge in [0.25, 0.3) is 0 Å². The molecule has 0 saturated heterocycles. The van der Waals surface area contributed by atoms with Crippen LogP contribution in [0, 0.1) is 0 Å². The Morgan fingerprint density at radius 3 is 1.02 bits per heavy atom. The van der Waals surface area contributed by atoms with E-state index in [1.807, 2.05) is 36.7 Å². The van der Waals surface area contributed by atoms with Gasteiger partial charge in [0.2, 0.25) is 0 Å². The van der Waals surface area contributed by atoms with E-state index in [-0.39, 0.29) is 0 Å². The molecule has 42 heavy (non-hydrogen) atoms. The largest absolute Gasteiger partial charge is 0.264 e. The average molecular weight is 541 g/mol. The number of rotatable bonds is 6. The maximum atomic E-state index is 4.43. The summed E-state index contributed by atoms with van der Waals surface area (Å²) in [6, 6.07) is 33.1. The van der Waals surface area contributed by atoms with E-state index in [1.54, 1.807) is 37.2 Å². The predicted octanol–water partition coefficient (Wildman–Crippen LogP) is 8.06. The first-order chi connectivity index (χ1) is 20.8. The molecule has 0 amide bonds. The van der Waals surface area contributed by atoms with Crippen molar-refractivity contribution < 1.29 is 0 Å². The van der Waals surface area contributed by atoms with Gasteiger partial charge < -0.3 is 0 Å². The molecule has 0 spiro atoms. The van der Waals surface area contributed by atoms with Crippen molar-refractivity contribution in [3.05, 3.63) is 147 Å². The van der Waals surface area contributed by atoms with Gasteiger partial charge in [-0.2, -0.15) is 0 Å². The van der Waals surface area contributed by atoms with Crippen LogP contribution in [0.1, 0.15) is 0 Å². The molecule has 0 atom stereocenters. The monoisotopic (exact) mass is 540 g/mol. The maximum absolute atomic E-state index is 4.43. The summed E-state index contributed by atoms with van der Waals surface area (Å²) in [6.45, 7) is 0. The van der Waals surface area contributed by atoms with Gasteiger partial charge in [0, 0.05) is 71.8 Å². The number of hydrogen-bond donors (Lipinski definition) is 0. The SMILES string of the molecule is c1cnc(-c2ccc(-c3cc(-c4ccc(-c5ncccn5)cc4)c(-c4cccnc4)cc3-c3cccnc3)cc2)nc1. The molecule has 0 saturated carbocycles. The summed E-state index contributed by atoms with van der Waals surface area (Å²) >= 11 is 0. The lowest BCUT2D eigenvalue weighted by Gasteiger charge is -2.18. The number of hydrogen-bond acceptors (Lipinski definition) is 6. The van der Waals surface area contributed by atoms with Crippen LogP contribution in [0.3, 0.4) is 0 Å². The number of aromatic nitrogens is 6. The van der Waals surface area contributed by atoms with Gasteiger partial charge in [-0.15, -0.1) is 0 Å². The van der Waals surface area contributed by atoms with E-state index in [0.717, 1.165) is 55.6 Å². The lowest BCUT2D eigenvalue weighted by Crippen LogP contribution is -1.94. The molecule has 198 valence electrons. The van der Waals surface area contributed by atoms with E-state index < -0.39 is 0 Å². The molecule has 6 heteroatoms. The van der Waals surface area contributed by atoms with Crippen molar-refractivity contribution in [3.8, 4) is 67.3 Å². The van der Waals surface area contributed by atoms with E-state index in [2.05, 4.69) is 103 Å². The minimum absolute atomic E-state index is 0.701. The Hall–Kier alpha value is -5.88. The molecule has 7 rings (SSSR count). The molecule has 0 aliphatic rings. The fourth-order valence-electron chi connectivity index (χ4n) is 5.09. The zero-order valence-corrected chi connectivity index (χ0v) is 22.5. The second kappa shape index (κ2) is 11.3. The van der Waals surface area contributed by atoms with Crippen molar-refractivity contribution in [2.75, 3.05) is 0 Å². The van der Waals surface area contributed by atoms with Crippen LogP contribution in [0.15, 0.2) is 147 Å². The van der Waals surface area contributed by atoms with Crippen molar-refractivity contribution in [2.45, 2.75) is 0 Å². The molecular formula is C36H24N6. The summed E-state index contributed by atoms with van der Waals surface area (Å²) in [7, 11) is 0. The summed E-state index contributed by atoms with van der Waals surface area (Å²) in [4.78, 5) is 26.5. The Balaban J connectivity index is 1.42. The normalized spacial score (nSPS) is 10.9. The van der Waals surface area contributed by atoms with E-state index in [9.17, 15) is 0 Å². The number of benzene rings is 3. The zero-order chi connectivity index (χ0) is 28.1. The Morgan fingerprint density at radius 2 is 0.667 bits per heavy atom. The van der Waals surface area contributed by atoms with Crippen LogP contribution < -0.4 is 0 Å². The fraction of sp³-hybridized carbons (Fsp3) is 0. The average Bonchev–Trinajstić information content (AvgIpc) is 3.09. The van der Waals surface area contributed by atoms with E-state index in [1.165, 1.54) is 0 Å². The highest BCUT2D eigenvalue weighted by Gasteiger charge is 2.17. The van der Waals surface area contributed by atoms with Crippen LogP contribution in [-0.2, 0) is 0 Å². The van der Waals surface area contributed by atoms with Gasteiger partial charge in [0.05, 0.1) is 0 Å². The summed E-state index contributed by atoms with van der Waals surface area (Å²) < 4.78 is 0. The molecule has 3 aromatic carbocycles. The second-order valence-corrected chi connectivity index (χ2v) is 9.73. The third kappa shape index (κ3) is 5.05. The van der Waals surface area contributed by atoms with Gasteiger partial charge in [-0.1, -0.05) is 60.7 Å². The molecule has 4 heterocycles. The highest BCUT2D eigenvalue weighted by Crippen LogP contribution is 2.42. The second-order valence-electron chi connectivity index (χ2n) is 9.73. The topological polar surface area (TPSA) is 77.3 Å². The summed E-state index contributed by atoms with van der Waals surface area (Å²) in [5.74, 6) is 1.40. The first-order valence-corrected chi connectivity index (χ1v) is 13.6. The van der Waals surface area contributed by atoms with Crippen LogP contribution in [0.25, 0.3) is 67.3 Å². The highest BCUT2D eigenvalue weighted by molar-refractivity contribution is 5.95.